The van der Waals surface area contributed by atoms with E-state index in [0.29, 0.717) is 5.92 Å². The van der Waals surface area contributed by atoms with E-state index in [-0.39, 0.29) is 46.0 Å². The van der Waals surface area contributed by atoms with Gasteiger partial charge in [-0.15, -0.1) is 0 Å². The monoisotopic (exact) mass is 586 g/mol. The molecule has 20 radical (unpaired) electrons. The smallest absolute Gasteiger partial charge is 0.295 e. The van der Waals surface area contributed by atoms with Crippen molar-refractivity contribution in [3.05, 3.63) is 151 Å². The van der Waals surface area contributed by atoms with E-state index in [1.807, 2.05) is 71.1 Å². The second-order valence-corrected chi connectivity index (χ2v) is 9.20. The predicted octanol–water partition coefficient (Wildman–Crippen LogP) is 6.09. The Morgan fingerprint density at radius 1 is 0.789 bits per heavy atom. The van der Waals surface area contributed by atoms with Crippen LogP contribution in [0.15, 0.2) is 28.5 Å². The molecule has 0 aromatic heterocycles. The Morgan fingerprint density at radius 3 is 1.79 bits per heavy atom. The topological polar surface area (TPSA) is 32.7 Å². The van der Waals surface area contributed by atoms with Gasteiger partial charge in [-0.05, 0) is 154 Å². The number of ketones is 1. The van der Waals surface area contributed by atoms with E-state index in [4.69, 9.17) is 5.10 Å². The van der Waals surface area contributed by atoms with E-state index >= 15 is 0 Å². The van der Waals surface area contributed by atoms with Gasteiger partial charge < -0.3 is 0 Å². The van der Waals surface area contributed by atoms with Crippen molar-refractivity contribution >= 4 is 11.5 Å². The van der Waals surface area contributed by atoms with Gasteiger partial charge in [0.05, 0.1) is 11.8 Å². The average molecular weight is 586 g/mol. The number of hydrazone groups is 1. The summed E-state index contributed by atoms with van der Waals surface area (Å²) in [4.78, 5) is 11.6. The van der Waals surface area contributed by atoms with E-state index in [9.17, 15) is 4.79 Å². The summed E-state index contributed by atoms with van der Waals surface area (Å²) in [6.07, 6.45) is 44.3. The van der Waals surface area contributed by atoms with Gasteiger partial charge in [-0.3, -0.25) is 9.80 Å². The SMILES string of the molecule is CC(=O)/C=C(\C)N1N=C2/C(=C/[C]3[CH][CH][CH][CH]3)CCCC2C1[C]1[CH][CH][CH][CH]1.[CH]1[CH][CH][CH][CH]1.[CH]1[CH][CH][CH][CH]1.[Fe+2].[Fe+2]. The van der Waals surface area contributed by atoms with Crippen LogP contribution in [-0.4, -0.2) is 22.5 Å². The van der Waals surface area contributed by atoms with Crippen molar-refractivity contribution in [2.45, 2.75) is 39.2 Å². The van der Waals surface area contributed by atoms with Crippen LogP contribution in [0.3, 0.4) is 0 Å². The zero-order chi connectivity index (χ0) is 25.2. The summed E-state index contributed by atoms with van der Waals surface area (Å²) in [7, 11) is 0. The third-order valence-corrected chi connectivity index (χ3v) is 6.45. The molecule has 0 N–H and O–H groups in total. The Morgan fingerprint density at radius 2 is 1.29 bits per heavy atom. The Balaban J connectivity index is 0.000000354. The molecule has 1 aliphatic heterocycles. The number of nitrogens with zero attached hydrogens (tertiary/aromatic N) is 2. The van der Waals surface area contributed by atoms with Crippen molar-refractivity contribution in [3.63, 3.8) is 0 Å². The molecule has 0 spiro atoms. The first-order valence-corrected chi connectivity index (χ1v) is 12.7. The number of carbonyl (C=O) groups excluding carboxylic acids is 1. The van der Waals surface area contributed by atoms with Crippen LogP contribution >= 0.6 is 0 Å². The number of rotatable bonds is 4. The number of fused-ring (bicyclic) bond motifs is 1. The molecule has 0 saturated heterocycles. The standard InChI is InChI=1S/C23H24N2O.2C5H5.2Fe/c1-16(14-17(2)26)25-23(19-10-5-6-11-19)21-13-7-12-20(22(21)24-25)15-18-8-3-4-9-18;2*1-2-4-5-3-1;;/h3-6,8-11,14-15,21,23H,7,12-13H2,1-2H3;2*1-5H;;/q;;;2*+2/b16-14+,20-15+;;;;. The summed E-state index contributed by atoms with van der Waals surface area (Å²) in [5.41, 5.74) is 3.44. The van der Waals surface area contributed by atoms with Crippen LogP contribution in [0.1, 0.15) is 33.1 Å². The molecule has 5 saturated carbocycles. The Kier molecular flexibility index (Phi) is 16.2. The van der Waals surface area contributed by atoms with Gasteiger partial charge in [0.1, 0.15) is 0 Å². The second kappa shape index (κ2) is 18.2. The average Bonchev–Trinajstić information content (AvgIpc) is 3.72. The van der Waals surface area contributed by atoms with E-state index < -0.39 is 0 Å². The minimum absolute atomic E-state index is 0. The van der Waals surface area contributed by atoms with Gasteiger partial charge >= 0.3 is 34.1 Å². The predicted molar refractivity (Wildman–Crippen MR) is 147 cm³/mol. The molecular formula is C33H34Fe2N2O+4. The van der Waals surface area contributed by atoms with Crippen molar-refractivity contribution in [3.8, 4) is 0 Å². The normalized spacial score (nSPS) is 28.5. The maximum atomic E-state index is 11.6. The van der Waals surface area contributed by atoms with E-state index in [0.717, 1.165) is 18.5 Å². The van der Waals surface area contributed by atoms with Crippen LogP contribution < -0.4 is 0 Å². The Bertz CT molecular complexity index is 760. The van der Waals surface area contributed by atoms with Gasteiger partial charge in [-0.25, -0.2) is 0 Å². The maximum absolute atomic E-state index is 11.6. The molecule has 0 amide bonds. The van der Waals surface area contributed by atoms with Crippen LogP contribution in [0.2, 0.25) is 0 Å². The first-order chi connectivity index (χ1) is 17.6. The van der Waals surface area contributed by atoms with Crippen molar-refractivity contribution in [2.75, 3.05) is 0 Å². The Hall–Kier alpha value is -0.341. The van der Waals surface area contributed by atoms with Gasteiger partial charge in [0.15, 0.2) is 5.78 Å². The van der Waals surface area contributed by atoms with E-state index in [1.165, 1.54) is 29.5 Å². The number of allylic oxidation sites excluding steroid dienone is 4. The van der Waals surface area contributed by atoms with Gasteiger partial charge in [0, 0.05) is 29.5 Å². The fourth-order valence-electron chi connectivity index (χ4n) is 4.90. The second-order valence-electron chi connectivity index (χ2n) is 9.20. The van der Waals surface area contributed by atoms with Crippen molar-refractivity contribution in [1.82, 2.24) is 5.01 Å². The molecule has 6 aliphatic rings. The molecule has 5 aliphatic carbocycles. The fourth-order valence-corrected chi connectivity index (χ4v) is 4.90. The Labute approximate surface area is 255 Å². The number of carbonyl (C=O) groups is 1. The van der Waals surface area contributed by atoms with E-state index in [1.54, 1.807) is 13.0 Å². The summed E-state index contributed by atoms with van der Waals surface area (Å²) in [5, 5.41) is 7.09. The molecule has 194 valence electrons. The van der Waals surface area contributed by atoms with E-state index in [2.05, 4.69) is 62.5 Å². The minimum Gasteiger partial charge on any atom is -0.295 e. The molecule has 0 aromatic rings. The molecule has 1 heterocycles. The van der Waals surface area contributed by atoms with Crippen LogP contribution in [0.4, 0.5) is 0 Å². The molecule has 5 fully saturated rings. The number of hydrogen-bond acceptors (Lipinski definition) is 3. The molecule has 5 heteroatoms. The van der Waals surface area contributed by atoms with Crippen molar-refractivity contribution in [1.29, 1.82) is 0 Å². The van der Waals surface area contributed by atoms with Gasteiger partial charge in [0.2, 0.25) is 0 Å². The zero-order valence-electron chi connectivity index (χ0n) is 21.8. The zero-order valence-corrected chi connectivity index (χ0v) is 24.0. The minimum atomic E-state index is 0. The molecule has 0 aromatic carbocycles. The third kappa shape index (κ3) is 9.94. The molecular weight excluding hydrogens is 552 g/mol. The van der Waals surface area contributed by atoms with Crippen LogP contribution in [-0.2, 0) is 38.9 Å². The summed E-state index contributed by atoms with van der Waals surface area (Å²) >= 11 is 0. The van der Waals surface area contributed by atoms with Crippen LogP contribution in [0.25, 0.3) is 0 Å². The van der Waals surface area contributed by atoms with Gasteiger partial charge in [-0.1, -0.05) is 6.08 Å². The summed E-state index contributed by atoms with van der Waals surface area (Å²) < 4.78 is 0. The fraction of sp³-hybridized carbons (Fsp3) is 0.212. The molecule has 0 bridgehead atoms. The molecule has 6 rings (SSSR count). The molecule has 3 nitrogen and oxygen atoms in total. The van der Waals surface area contributed by atoms with Gasteiger partial charge in [-0.2, -0.15) is 5.10 Å². The summed E-state index contributed by atoms with van der Waals surface area (Å²) in [6.45, 7) is 3.58. The van der Waals surface area contributed by atoms with Gasteiger partial charge in [0.25, 0.3) is 0 Å². The van der Waals surface area contributed by atoms with Crippen molar-refractivity contribution in [2.24, 2.45) is 11.0 Å². The quantitative estimate of drug-likeness (QED) is 0.295. The molecule has 2 atom stereocenters. The van der Waals surface area contributed by atoms with Crippen LogP contribution in [0.5, 0.6) is 0 Å². The summed E-state index contributed by atoms with van der Waals surface area (Å²) in [6, 6.07) is 0.180. The van der Waals surface area contributed by atoms with Crippen LogP contribution in [0, 0.1) is 133 Å². The summed E-state index contributed by atoms with van der Waals surface area (Å²) in [5.74, 6) is 2.95. The number of hydrogen-bond donors (Lipinski definition) is 0. The largest absolute Gasteiger partial charge is 2.00 e. The molecule has 2 unspecified atom stereocenters. The maximum Gasteiger partial charge on any atom is 2.00 e. The first-order valence-electron chi connectivity index (χ1n) is 12.7. The first kappa shape index (κ1) is 33.9. The molecule has 38 heavy (non-hydrogen) atoms. The van der Waals surface area contributed by atoms with Crippen molar-refractivity contribution < 1.29 is 38.9 Å². The third-order valence-electron chi connectivity index (χ3n) is 6.45.